The number of amides is 3. The predicted octanol–water partition coefficient (Wildman–Crippen LogP) is 2.76. The number of likely N-dealkylation sites (tertiary alicyclic amines) is 1. The normalized spacial score (nSPS) is 24.3. The minimum Gasteiger partial charge on any atom is -0.340 e. The van der Waals surface area contributed by atoms with Gasteiger partial charge in [-0.05, 0) is 32.0 Å². The van der Waals surface area contributed by atoms with Crippen molar-refractivity contribution >= 4 is 17.6 Å². The van der Waals surface area contributed by atoms with Gasteiger partial charge in [0.25, 0.3) is 0 Å². The van der Waals surface area contributed by atoms with Crippen molar-refractivity contribution in [2.75, 3.05) is 51.6 Å². The van der Waals surface area contributed by atoms with Gasteiger partial charge in [0, 0.05) is 50.7 Å². The van der Waals surface area contributed by atoms with E-state index in [1.54, 1.807) is 4.90 Å². The zero-order valence-corrected chi connectivity index (χ0v) is 16.8. The van der Waals surface area contributed by atoms with Crippen LogP contribution in [0.1, 0.15) is 25.7 Å². The van der Waals surface area contributed by atoms with E-state index >= 15 is 0 Å². The first kappa shape index (κ1) is 20.1. The highest BCUT2D eigenvalue weighted by Crippen LogP contribution is 2.49. The maximum atomic E-state index is 13.9. The third kappa shape index (κ3) is 3.95. The van der Waals surface area contributed by atoms with Crippen LogP contribution in [0.15, 0.2) is 18.2 Å². The number of rotatable bonds is 2. The molecule has 1 aliphatic carbocycles. The minimum absolute atomic E-state index is 0.132. The molecule has 1 N–H and O–H groups in total. The van der Waals surface area contributed by atoms with Gasteiger partial charge in [0.2, 0.25) is 5.91 Å². The highest BCUT2D eigenvalue weighted by molar-refractivity contribution is 5.91. The third-order valence-electron chi connectivity index (χ3n) is 6.82. The largest absolute Gasteiger partial charge is 0.340 e. The van der Waals surface area contributed by atoms with Crippen molar-refractivity contribution < 1.29 is 18.4 Å². The van der Waals surface area contributed by atoms with E-state index in [1.807, 2.05) is 11.9 Å². The molecule has 1 unspecified atom stereocenters. The van der Waals surface area contributed by atoms with E-state index in [2.05, 4.69) is 10.2 Å². The van der Waals surface area contributed by atoms with Crippen LogP contribution in [0.4, 0.5) is 19.3 Å². The summed E-state index contributed by atoms with van der Waals surface area (Å²) in [6.07, 6.45) is 3.96. The summed E-state index contributed by atoms with van der Waals surface area (Å²) >= 11 is 0. The lowest BCUT2D eigenvalue weighted by molar-refractivity contribution is -0.139. The fraction of sp³-hybridized carbons (Fsp3) is 0.619. The van der Waals surface area contributed by atoms with Crippen molar-refractivity contribution in [2.24, 2.45) is 11.3 Å². The van der Waals surface area contributed by atoms with E-state index in [4.69, 9.17) is 0 Å². The van der Waals surface area contributed by atoms with Gasteiger partial charge in [-0.25, -0.2) is 13.6 Å². The van der Waals surface area contributed by atoms with Crippen molar-refractivity contribution in [1.82, 2.24) is 14.7 Å². The Morgan fingerprint density at radius 1 is 1.07 bits per heavy atom. The number of anilines is 1. The van der Waals surface area contributed by atoms with E-state index in [1.165, 1.54) is 0 Å². The number of carbonyl (C=O) groups is 2. The van der Waals surface area contributed by atoms with Gasteiger partial charge < -0.3 is 20.0 Å². The average Bonchev–Trinajstić information content (AvgIpc) is 3.32. The molecular formula is C21H28F2N4O2. The summed E-state index contributed by atoms with van der Waals surface area (Å²) in [5.41, 5.74) is -0.373. The first-order valence-corrected chi connectivity index (χ1v) is 10.4. The highest BCUT2D eigenvalue weighted by Gasteiger charge is 2.53. The summed E-state index contributed by atoms with van der Waals surface area (Å²) < 4.78 is 27.4. The Labute approximate surface area is 169 Å². The molecule has 158 valence electrons. The van der Waals surface area contributed by atoms with Gasteiger partial charge in [0.1, 0.15) is 11.6 Å². The van der Waals surface area contributed by atoms with Crippen molar-refractivity contribution in [3.05, 3.63) is 29.8 Å². The van der Waals surface area contributed by atoms with Gasteiger partial charge in [-0.1, -0.05) is 12.8 Å². The first-order chi connectivity index (χ1) is 13.9. The maximum Gasteiger partial charge on any atom is 0.321 e. The second kappa shape index (κ2) is 7.89. The van der Waals surface area contributed by atoms with Crippen LogP contribution < -0.4 is 5.32 Å². The number of benzene rings is 1. The van der Waals surface area contributed by atoms with Crippen LogP contribution in [-0.2, 0) is 4.79 Å². The van der Waals surface area contributed by atoms with Crippen molar-refractivity contribution in [3.63, 3.8) is 0 Å². The van der Waals surface area contributed by atoms with Crippen LogP contribution in [0.25, 0.3) is 0 Å². The SMILES string of the molecule is CN1CCN(C(=O)C2CN(C(=O)Nc3cc(F)ccc3F)CC23CCCC3)CC1. The van der Waals surface area contributed by atoms with E-state index in [0.29, 0.717) is 26.2 Å². The number of hydrogen-bond acceptors (Lipinski definition) is 3. The van der Waals surface area contributed by atoms with Crippen LogP contribution >= 0.6 is 0 Å². The molecule has 2 aliphatic heterocycles. The number of carbonyl (C=O) groups excluding carboxylic acids is 2. The van der Waals surface area contributed by atoms with E-state index in [-0.39, 0.29) is 22.9 Å². The zero-order chi connectivity index (χ0) is 20.6. The van der Waals surface area contributed by atoms with E-state index in [0.717, 1.165) is 57.0 Å². The molecular weight excluding hydrogens is 378 g/mol. The second-order valence-corrected chi connectivity index (χ2v) is 8.69. The topological polar surface area (TPSA) is 55.9 Å². The fourth-order valence-corrected chi connectivity index (χ4v) is 5.08. The molecule has 3 amide bonds. The van der Waals surface area contributed by atoms with Crippen molar-refractivity contribution in [2.45, 2.75) is 25.7 Å². The average molecular weight is 406 g/mol. The lowest BCUT2D eigenvalue weighted by Gasteiger charge is -2.37. The van der Waals surface area contributed by atoms with Gasteiger partial charge in [-0.3, -0.25) is 4.79 Å². The number of likely N-dealkylation sites (N-methyl/N-ethyl adjacent to an activating group) is 1. The standard InChI is InChI=1S/C21H28F2N4O2/c1-25-8-10-26(11-9-25)19(28)16-13-27(14-21(16)6-2-3-7-21)20(29)24-18-12-15(22)4-5-17(18)23/h4-5,12,16H,2-3,6-11,13-14H2,1H3,(H,24,29). The van der Waals surface area contributed by atoms with Crippen LogP contribution in [0, 0.1) is 23.0 Å². The van der Waals surface area contributed by atoms with E-state index in [9.17, 15) is 18.4 Å². The zero-order valence-electron chi connectivity index (χ0n) is 16.8. The smallest absolute Gasteiger partial charge is 0.321 e. The fourth-order valence-electron chi connectivity index (χ4n) is 5.08. The van der Waals surface area contributed by atoms with Gasteiger partial charge in [-0.2, -0.15) is 0 Å². The van der Waals surface area contributed by atoms with Crippen LogP contribution in [0.5, 0.6) is 0 Å². The Balaban J connectivity index is 1.49. The van der Waals surface area contributed by atoms with Gasteiger partial charge in [0.15, 0.2) is 0 Å². The van der Waals surface area contributed by atoms with E-state index < -0.39 is 17.7 Å². The number of urea groups is 1. The molecule has 0 bridgehead atoms. The summed E-state index contributed by atoms with van der Waals surface area (Å²) in [5.74, 6) is -1.39. The molecule has 0 aromatic heterocycles. The molecule has 1 aromatic rings. The molecule has 8 heteroatoms. The first-order valence-electron chi connectivity index (χ1n) is 10.4. The van der Waals surface area contributed by atoms with Crippen molar-refractivity contribution in [3.8, 4) is 0 Å². The maximum absolute atomic E-state index is 13.9. The molecule has 4 rings (SSSR count). The quantitative estimate of drug-likeness (QED) is 0.822. The Kier molecular flexibility index (Phi) is 5.46. The molecule has 2 saturated heterocycles. The number of piperazine rings is 1. The van der Waals surface area contributed by atoms with Crippen molar-refractivity contribution in [1.29, 1.82) is 0 Å². The summed E-state index contributed by atoms with van der Waals surface area (Å²) in [4.78, 5) is 31.9. The number of halogens is 2. The Hall–Kier alpha value is -2.22. The molecule has 1 aromatic carbocycles. The molecule has 1 spiro atoms. The van der Waals surface area contributed by atoms with Crippen LogP contribution in [0.3, 0.4) is 0 Å². The molecule has 2 heterocycles. The lowest BCUT2D eigenvalue weighted by Crippen LogP contribution is -2.51. The molecule has 6 nitrogen and oxygen atoms in total. The third-order valence-corrected chi connectivity index (χ3v) is 6.82. The van der Waals surface area contributed by atoms with Crippen LogP contribution in [-0.4, -0.2) is 73.0 Å². The lowest BCUT2D eigenvalue weighted by atomic mass is 9.76. The summed E-state index contributed by atoms with van der Waals surface area (Å²) in [5, 5.41) is 2.48. The molecule has 0 radical (unpaired) electrons. The van der Waals surface area contributed by atoms with Gasteiger partial charge >= 0.3 is 6.03 Å². The van der Waals surface area contributed by atoms with Crippen LogP contribution in [0.2, 0.25) is 0 Å². The molecule has 29 heavy (non-hydrogen) atoms. The second-order valence-electron chi connectivity index (χ2n) is 8.69. The Morgan fingerprint density at radius 2 is 1.76 bits per heavy atom. The number of hydrogen-bond donors (Lipinski definition) is 1. The summed E-state index contributed by atoms with van der Waals surface area (Å²) in [6.45, 7) is 3.95. The Morgan fingerprint density at radius 3 is 2.45 bits per heavy atom. The van der Waals surface area contributed by atoms with Gasteiger partial charge in [0.05, 0.1) is 11.6 Å². The summed E-state index contributed by atoms with van der Waals surface area (Å²) in [6, 6.07) is 2.50. The minimum atomic E-state index is -0.681. The molecule has 1 saturated carbocycles. The highest BCUT2D eigenvalue weighted by atomic mass is 19.1. The van der Waals surface area contributed by atoms with Gasteiger partial charge in [-0.15, -0.1) is 0 Å². The predicted molar refractivity (Wildman–Crippen MR) is 105 cm³/mol. The molecule has 3 fully saturated rings. The molecule has 1 atom stereocenters. The Bertz CT molecular complexity index is 789. The number of nitrogens with zero attached hydrogens (tertiary/aromatic N) is 3. The number of nitrogens with one attached hydrogen (secondary N) is 1. The molecule has 3 aliphatic rings. The monoisotopic (exact) mass is 406 g/mol. The summed E-state index contributed by atoms with van der Waals surface area (Å²) in [7, 11) is 2.05.